The molecule has 3 nitrogen and oxygen atoms in total. The first-order chi connectivity index (χ1) is 8.11. The van der Waals surface area contributed by atoms with Gasteiger partial charge in [0.15, 0.2) is 0 Å². The molecule has 92 valence electrons. The molecule has 0 aromatic heterocycles. The van der Waals surface area contributed by atoms with Gasteiger partial charge in [-0.3, -0.25) is 4.79 Å². The van der Waals surface area contributed by atoms with E-state index in [2.05, 4.69) is 0 Å². The Morgan fingerprint density at radius 2 is 2.41 bits per heavy atom. The smallest absolute Gasteiger partial charge is 0.303 e. The molecule has 1 N–H and O–H groups in total. The van der Waals surface area contributed by atoms with Crippen LogP contribution in [0.4, 0.5) is 0 Å². The van der Waals surface area contributed by atoms with E-state index < -0.39 is 5.97 Å². The van der Waals surface area contributed by atoms with Crippen LogP contribution in [0.1, 0.15) is 12.0 Å². The first kappa shape index (κ1) is 12.6. The average Bonchev–Trinajstić information content (AvgIpc) is 2.29. The van der Waals surface area contributed by atoms with Gasteiger partial charge in [0.25, 0.3) is 0 Å². The number of hydrogen-bond acceptors (Lipinski definition) is 3. The van der Waals surface area contributed by atoms with Gasteiger partial charge in [-0.05, 0) is 30.0 Å². The number of methoxy groups -OCH3 is 1. The molecule has 0 amide bonds. The quantitative estimate of drug-likeness (QED) is 0.919. The Morgan fingerprint density at radius 3 is 3.06 bits per heavy atom. The maximum atomic E-state index is 10.7. The zero-order chi connectivity index (χ0) is 12.4. The molecule has 0 saturated heterocycles. The summed E-state index contributed by atoms with van der Waals surface area (Å²) in [6.45, 7) is 0. The van der Waals surface area contributed by atoms with E-state index in [0.29, 0.717) is 11.4 Å². The summed E-state index contributed by atoms with van der Waals surface area (Å²) in [5.74, 6) is 1.02. The van der Waals surface area contributed by atoms with Crippen molar-refractivity contribution in [3.63, 3.8) is 0 Å². The Balaban J connectivity index is 2.28. The molecule has 0 radical (unpaired) electrons. The average molecular weight is 273 g/mol. The predicted octanol–water partition coefficient (Wildman–Crippen LogP) is 3.09. The molecule has 2 rings (SSSR count). The minimum Gasteiger partial charge on any atom is -0.496 e. The molecule has 0 bridgehead atoms. The standard InChI is InChI=1S/C12H13ClO3S/c1-16-10-3-2-9(13)8-4-7(5-11(14)15)6-17-12(8)10/h2-3,7H,4-6H2,1H3,(H,14,15). The van der Waals surface area contributed by atoms with Crippen molar-refractivity contribution in [2.24, 2.45) is 5.92 Å². The summed E-state index contributed by atoms with van der Waals surface area (Å²) in [5.41, 5.74) is 1.02. The first-order valence-corrected chi connectivity index (χ1v) is 6.68. The van der Waals surface area contributed by atoms with Crippen molar-refractivity contribution in [2.45, 2.75) is 17.7 Å². The molecule has 0 aliphatic carbocycles. The molecule has 1 unspecified atom stereocenters. The normalized spacial score (nSPS) is 18.6. The number of carboxylic acids is 1. The number of benzene rings is 1. The summed E-state index contributed by atoms with van der Waals surface area (Å²) in [6.07, 6.45) is 0.907. The van der Waals surface area contributed by atoms with E-state index in [4.69, 9.17) is 21.4 Å². The molecular formula is C12H13ClO3S. The van der Waals surface area contributed by atoms with Crippen LogP contribution in [0.3, 0.4) is 0 Å². The lowest BCUT2D eigenvalue weighted by atomic mass is 9.97. The highest BCUT2D eigenvalue weighted by Crippen LogP contribution is 2.43. The van der Waals surface area contributed by atoms with Crippen LogP contribution >= 0.6 is 23.4 Å². The fraction of sp³-hybridized carbons (Fsp3) is 0.417. The van der Waals surface area contributed by atoms with Crippen LogP contribution < -0.4 is 4.74 Å². The molecule has 1 aliphatic rings. The van der Waals surface area contributed by atoms with Crippen LogP contribution in [0.5, 0.6) is 5.75 Å². The number of aliphatic carboxylic acids is 1. The topological polar surface area (TPSA) is 46.5 Å². The highest BCUT2D eigenvalue weighted by atomic mass is 35.5. The summed E-state index contributed by atoms with van der Waals surface area (Å²) in [4.78, 5) is 11.8. The summed E-state index contributed by atoms with van der Waals surface area (Å²) in [7, 11) is 1.63. The number of carbonyl (C=O) groups is 1. The van der Waals surface area contributed by atoms with Crippen molar-refractivity contribution in [2.75, 3.05) is 12.9 Å². The molecule has 1 aromatic carbocycles. The van der Waals surface area contributed by atoms with Gasteiger partial charge in [0.1, 0.15) is 5.75 Å². The van der Waals surface area contributed by atoms with Gasteiger partial charge < -0.3 is 9.84 Å². The Labute approximate surface area is 109 Å². The van der Waals surface area contributed by atoms with Crippen LogP contribution in [0.2, 0.25) is 5.02 Å². The van der Waals surface area contributed by atoms with Gasteiger partial charge in [-0.15, -0.1) is 11.8 Å². The van der Waals surface area contributed by atoms with E-state index in [1.54, 1.807) is 18.9 Å². The molecule has 0 spiro atoms. The van der Waals surface area contributed by atoms with Gasteiger partial charge in [-0.1, -0.05) is 11.6 Å². The van der Waals surface area contributed by atoms with E-state index in [1.165, 1.54) is 0 Å². The predicted molar refractivity (Wildman–Crippen MR) is 68.2 cm³/mol. The van der Waals surface area contributed by atoms with Gasteiger partial charge in [0, 0.05) is 17.2 Å². The molecule has 0 fully saturated rings. The Kier molecular flexibility index (Phi) is 3.84. The third kappa shape index (κ3) is 2.69. The third-order valence-electron chi connectivity index (χ3n) is 2.81. The molecule has 1 aromatic rings. The minimum absolute atomic E-state index is 0.148. The van der Waals surface area contributed by atoms with Gasteiger partial charge in [-0.25, -0.2) is 0 Å². The number of carboxylic acid groups (broad SMARTS) is 1. The molecule has 5 heteroatoms. The highest BCUT2D eigenvalue weighted by Gasteiger charge is 2.25. The maximum absolute atomic E-state index is 10.7. The van der Waals surface area contributed by atoms with Crippen LogP contribution in [0.25, 0.3) is 0 Å². The lowest BCUT2D eigenvalue weighted by molar-refractivity contribution is -0.137. The lowest BCUT2D eigenvalue weighted by Crippen LogP contribution is -2.17. The zero-order valence-electron chi connectivity index (χ0n) is 9.40. The fourth-order valence-electron chi connectivity index (χ4n) is 2.02. The maximum Gasteiger partial charge on any atom is 0.303 e. The van der Waals surface area contributed by atoms with Crippen molar-refractivity contribution in [3.8, 4) is 5.75 Å². The largest absolute Gasteiger partial charge is 0.496 e. The first-order valence-electron chi connectivity index (χ1n) is 5.31. The molecule has 1 aliphatic heterocycles. The lowest BCUT2D eigenvalue weighted by Gasteiger charge is -2.25. The van der Waals surface area contributed by atoms with Crippen LogP contribution in [0, 0.1) is 5.92 Å². The number of halogens is 1. The van der Waals surface area contributed by atoms with Crippen LogP contribution in [-0.4, -0.2) is 23.9 Å². The highest BCUT2D eigenvalue weighted by molar-refractivity contribution is 7.99. The van der Waals surface area contributed by atoms with Crippen molar-refractivity contribution < 1.29 is 14.6 Å². The van der Waals surface area contributed by atoms with Gasteiger partial charge in [0.05, 0.1) is 12.0 Å². The summed E-state index contributed by atoms with van der Waals surface area (Å²) < 4.78 is 5.29. The number of thioether (sulfide) groups is 1. The number of hydrogen-bond donors (Lipinski definition) is 1. The van der Waals surface area contributed by atoms with Crippen LogP contribution in [0.15, 0.2) is 17.0 Å². The molecular weight excluding hydrogens is 260 g/mol. The molecule has 0 saturated carbocycles. The number of ether oxygens (including phenoxy) is 1. The third-order valence-corrected chi connectivity index (χ3v) is 4.54. The Morgan fingerprint density at radius 1 is 1.65 bits per heavy atom. The van der Waals surface area contributed by atoms with Crippen molar-refractivity contribution in [1.29, 1.82) is 0 Å². The number of rotatable bonds is 3. The Bertz CT molecular complexity index is 448. The van der Waals surface area contributed by atoms with Crippen molar-refractivity contribution >= 4 is 29.3 Å². The molecule has 17 heavy (non-hydrogen) atoms. The second-order valence-electron chi connectivity index (χ2n) is 4.04. The second kappa shape index (κ2) is 5.19. The van der Waals surface area contributed by atoms with Gasteiger partial charge >= 0.3 is 5.97 Å². The van der Waals surface area contributed by atoms with Crippen LogP contribution in [-0.2, 0) is 11.2 Å². The van der Waals surface area contributed by atoms with Crippen molar-refractivity contribution in [3.05, 3.63) is 22.7 Å². The van der Waals surface area contributed by atoms with Gasteiger partial charge in [0.2, 0.25) is 0 Å². The molecule has 1 atom stereocenters. The van der Waals surface area contributed by atoms with E-state index >= 15 is 0 Å². The van der Waals surface area contributed by atoms with E-state index in [-0.39, 0.29) is 12.3 Å². The molecule has 1 heterocycles. The SMILES string of the molecule is COc1ccc(Cl)c2c1SCC(CC(=O)O)C2. The summed E-state index contributed by atoms with van der Waals surface area (Å²) in [6, 6.07) is 3.66. The van der Waals surface area contributed by atoms with Gasteiger partial charge in [-0.2, -0.15) is 0 Å². The minimum atomic E-state index is -0.752. The summed E-state index contributed by atoms with van der Waals surface area (Å²) >= 11 is 7.79. The monoisotopic (exact) mass is 272 g/mol. The van der Waals surface area contributed by atoms with Crippen molar-refractivity contribution in [1.82, 2.24) is 0 Å². The summed E-state index contributed by atoms with van der Waals surface area (Å²) in [5, 5.41) is 9.51. The fourth-order valence-corrected chi connectivity index (χ4v) is 3.61. The van der Waals surface area contributed by atoms with E-state index in [1.807, 2.05) is 12.1 Å². The number of fused-ring (bicyclic) bond motifs is 1. The van der Waals surface area contributed by atoms with E-state index in [0.717, 1.165) is 22.0 Å². The Hall–Kier alpha value is -0.870. The second-order valence-corrected chi connectivity index (χ2v) is 5.47. The van der Waals surface area contributed by atoms with E-state index in [9.17, 15) is 4.79 Å². The zero-order valence-corrected chi connectivity index (χ0v) is 11.0.